The molecule has 4 heteroatoms. The van der Waals surface area contributed by atoms with Crippen LogP contribution in [0.2, 0.25) is 0 Å². The molecule has 3 aliphatic carbocycles. The molecule has 2 N–H and O–H groups in total. The number of carbonyl (C=O) groups is 1. The maximum Gasteiger partial charge on any atom is 0.174 e. The van der Waals surface area contributed by atoms with Crippen molar-refractivity contribution in [3.8, 4) is 11.5 Å². The Morgan fingerprint density at radius 1 is 1.29 bits per heavy atom. The molecule has 2 bridgehead atoms. The lowest BCUT2D eigenvalue weighted by molar-refractivity contribution is -0.177. The van der Waals surface area contributed by atoms with Gasteiger partial charge in [-0.05, 0) is 43.2 Å². The molecule has 1 heterocycles. The van der Waals surface area contributed by atoms with Crippen molar-refractivity contribution in [2.24, 2.45) is 5.92 Å². The summed E-state index contributed by atoms with van der Waals surface area (Å²) < 4.78 is 5.93. The predicted molar refractivity (Wildman–Crippen MR) is 74.4 cm³/mol. The van der Waals surface area contributed by atoms with Gasteiger partial charge >= 0.3 is 0 Å². The number of rotatable bonds is 0. The van der Waals surface area contributed by atoms with Crippen LogP contribution in [0.1, 0.15) is 43.2 Å². The minimum absolute atomic E-state index is 0.0729. The minimum atomic E-state index is -0.851. The van der Waals surface area contributed by atoms with E-state index in [2.05, 4.69) is 0 Å². The average molecular weight is 286 g/mol. The van der Waals surface area contributed by atoms with Crippen molar-refractivity contribution in [3.05, 3.63) is 23.3 Å². The number of hydrogen-bond donors (Lipinski definition) is 2. The van der Waals surface area contributed by atoms with Gasteiger partial charge in [0.25, 0.3) is 0 Å². The van der Waals surface area contributed by atoms with E-state index in [1.807, 2.05) is 6.07 Å². The average Bonchev–Trinajstić information content (AvgIpc) is 2.80. The summed E-state index contributed by atoms with van der Waals surface area (Å²) >= 11 is 0. The van der Waals surface area contributed by atoms with Crippen molar-refractivity contribution in [2.45, 2.75) is 55.6 Å². The summed E-state index contributed by atoms with van der Waals surface area (Å²) in [5.41, 5.74) is 0.608. The number of carbonyl (C=O) groups excluding carboxylic acids is 1. The fraction of sp³-hybridized carbons (Fsp3) is 0.588. The molecule has 4 aliphatic rings. The summed E-state index contributed by atoms with van der Waals surface area (Å²) in [5.74, 6) is 0.820. The van der Waals surface area contributed by atoms with Gasteiger partial charge in [-0.3, -0.25) is 4.79 Å². The normalized spacial score (nSPS) is 42.4. The van der Waals surface area contributed by atoms with Crippen molar-refractivity contribution in [1.29, 1.82) is 0 Å². The molecule has 0 aromatic heterocycles. The molecular formula is C17H18O4. The Bertz CT molecular complexity index is 682. The fourth-order valence-electron chi connectivity index (χ4n) is 5.64. The van der Waals surface area contributed by atoms with Crippen LogP contribution in [0.25, 0.3) is 0 Å². The molecule has 1 aromatic rings. The number of aromatic hydroxyl groups is 1. The SMILES string of the molecule is O=C1CC[C@]2(O)[C@H]3CCC[C@]24c2c(ccc(O)c2O[C@H]14)C3. The Balaban J connectivity index is 1.89. The zero-order valence-corrected chi connectivity index (χ0v) is 11.8. The molecule has 5 rings (SSSR count). The van der Waals surface area contributed by atoms with Crippen LogP contribution < -0.4 is 4.74 Å². The quantitative estimate of drug-likeness (QED) is 0.763. The maximum absolute atomic E-state index is 12.5. The zero-order valence-electron chi connectivity index (χ0n) is 11.8. The number of benzene rings is 1. The first kappa shape index (κ1) is 12.0. The molecule has 0 radical (unpaired) electrons. The maximum atomic E-state index is 12.5. The molecule has 0 saturated heterocycles. The van der Waals surface area contributed by atoms with Crippen molar-refractivity contribution in [1.82, 2.24) is 0 Å². The van der Waals surface area contributed by atoms with Gasteiger partial charge in [0.15, 0.2) is 23.4 Å². The molecule has 21 heavy (non-hydrogen) atoms. The largest absolute Gasteiger partial charge is 0.504 e. The number of aliphatic hydroxyl groups is 1. The number of ether oxygens (including phenoxy) is 1. The first-order valence-corrected chi connectivity index (χ1v) is 7.85. The Morgan fingerprint density at radius 3 is 3.00 bits per heavy atom. The van der Waals surface area contributed by atoms with Crippen molar-refractivity contribution >= 4 is 5.78 Å². The number of hydrogen-bond acceptors (Lipinski definition) is 4. The molecule has 1 aromatic carbocycles. The van der Waals surface area contributed by atoms with Crippen molar-refractivity contribution < 1.29 is 19.7 Å². The molecule has 2 fully saturated rings. The van der Waals surface area contributed by atoms with Crippen LogP contribution >= 0.6 is 0 Å². The van der Waals surface area contributed by atoms with E-state index >= 15 is 0 Å². The third-order valence-electron chi connectivity index (χ3n) is 6.44. The van der Waals surface area contributed by atoms with Gasteiger partial charge in [-0.25, -0.2) is 0 Å². The smallest absolute Gasteiger partial charge is 0.174 e. The zero-order chi connectivity index (χ0) is 14.4. The Hall–Kier alpha value is -1.55. The third kappa shape index (κ3) is 1.10. The summed E-state index contributed by atoms with van der Waals surface area (Å²) in [6, 6.07) is 3.60. The Labute approximate surface area is 122 Å². The van der Waals surface area contributed by atoms with Gasteiger partial charge in [0, 0.05) is 12.0 Å². The second-order valence-corrected chi connectivity index (χ2v) is 7.10. The first-order chi connectivity index (χ1) is 10.1. The van der Waals surface area contributed by atoms with Crippen LogP contribution in [-0.4, -0.2) is 27.7 Å². The van der Waals surface area contributed by atoms with Crippen LogP contribution in [0.3, 0.4) is 0 Å². The topological polar surface area (TPSA) is 66.8 Å². The molecule has 110 valence electrons. The minimum Gasteiger partial charge on any atom is -0.504 e. The van der Waals surface area contributed by atoms with Gasteiger partial charge in [0.2, 0.25) is 0 Å². The van der Waals surface area contributed by atoms with Gasteiger partial charge in [0.1, 0.15) is 0 Å². The second-order valence-electron chi connectivity index (χ2n) is 7.10. The molecule has 4 nitrogen and oxygen atoms in total. The van der Waals surface area contributed by atoms with Gasteiger partial charge in [-0.15, -0.1) is 0 Å². The number of phenolic OH excluding ortho intramolecular Hbond substituents is 1. The van der Waals surface area contributed by atoms with E-state index in [0.29, 0.717) is 18.6 Å². The monoisotopic (exact) mass is 286 g/mol. The highest BCUT2D eigenvalue weighted by Gasteiger charge is 2.71. The van der Waals surface area contributed by atoms with Gasteiger partial charge in [-0.2, -0.15) is 0 Å². The molecular weight excluding hydrogens is 268 g/mol. The first-order valence-electron chi connectivity index (χ1n) is 7.85. The second kappa shape index (κ2) is 3.43. The fourth-order valence-corrected chi connectivity index (χ4v) is 5.64. The van der Waals surface area contributed by atoms with E-state index in [1.54, 1.807) is 6.07 Å². The van der Waals surface area contributed by atoms with Crippen molar-refractivity contribution in [3.63, 3.8) is 0 Å². The molecule has 0 unspecified atom stereocenters. The molecule has 1 aliphatic heterocycles. The lowest BCUT2D eigenvalue weighted by Crippen LogP contribution is -2.69. The van der Waals surface area contributed by atoms with E-state index in [0.717, 1.165) is 36.8 Å². The highest BCUT2D eigenvalue weighted by molar-refractivity contribution is 5.89. The molecule has 2 saturated carbocycles. The van der Waals surface area contributed by atoms with E-state index in [9.17, 15) is 15.0 Å². The van der Waals surface area contributed by atoms with Crippen LogP contribution in [0.15, 0.2) is 12.1 Å². The van der Waals surface area contributed by atoms with Crippen LogP contribution in [-0.2, 0) is 16.6 Å². The van der Waals surface area contributed by atoms with E-state index in [4.69, 9.17) is 4.74 Å². The summed E-state index contributed by atoms with van der Waals surface area (Å²) in [7, 11) is 0. The van der Waals surface area contributed by atoms with E-state index in [-0.39, 0.29) is 17.5 Å². The van der Waals surface area contributed by atoms with Gasteiger partial charge < -0.3 is 14.9 Å². The van der Waals surface area contributed by atoms with Gasteiger partial charge in [-0.1, -0.05) is 12.5 Å². The van der Waals surface area contributed by atoms with Gasteiger partial charge in [0.05, 0.1) is 11.0 Å². The Kier molecular flexibility index (Phi) is 1.97. The van der Waals surface area contributed by atoms with Crippen molar-refractivity contribution in [2.75, 3.05) is 0 Å². The summed E-state index contributed by atoms with van der Waals surface area (Å²) in [5, 5.41) is 21.7. The lowest BCUT2D eigenvalue weighted by atomic mass is 9.46. The highest BCUT2D eigenvalue weighted by atomic mass is 16.5. The van der Waals surface area contributed by atoms with Crippen LogP contribution in [0.4, 0.5) is 0 Å². The Morgan fingerprint density at radius 2 is 2.14 bits per heavy atom. The molecule has 1 spiro atoms. The van der Waals surface area contributed by atoms with Crippen LogP contribution in [0.5, 0.6) is 11.5 Å². The van der Waals surface area contributed by atoms with E-state index in [1.165, 1.54) is 0 Å². The number of Topliss-reactive ketones (excluding diaryl/α,β-unsaturated/α-hetero) is 1. The van der Waals surface area contributed by atoms with Crippen LogP contribution in [0, 0.1) is 5.92 Å². The van der Waals surface area contributed by atoms with E-state index < -0.39 is 17.1 Å². The third-order valence-corrected chi connectivity index (χ3v) is 6.44. The standard InChI is InChI=1S/C17H18O4/c18-11-4-3-9-8-10-2-1-6-16-13(9)14(11)21-15(16)12(19)5-7-17(10,16)20/h3-4,10,15,18,20H,1-2,5-8H2/t10-,15+,16+,17-/m0/s1. The predicted octanol–water partition coefficient (Wildman–Crippen LogP) is 1.84. The highest BCUT2D eigenvalue weighted by Crippen LogP contribution is 2.66. The summed E-state index contributed by atoms with van der Waals surface area (Å²) in [6.45, 7) is 0. The summed E-state index contributed by atoms with van der Waals surface area (Å²) in [6.07, 6.45) is 3.92. The molecule has 0 amide bonds. The molecule has 4 atom stereocenters. The number of ketones is 1. The number of phenols is 1. The lowest BCUT2D eigenvalue weighted by Gasteiger charge is -2.59. The summed E-state index contributed by atoms with van der Waals surface area (Å²) in [4.78, 5) is 12.5.